The van der Waals surface area contributed by atoms with Crippen LogP contribution in [0.4, 0.5) is 0 Å². The summed E-state index contributed by atoms with van der Waals surface area (Å²) in [7, 11) is 1.30. The van der Waals surface area contributed by atoms with Gasteiger partial charge in [-0.1, -0.05) is 13.8 Å². The number of methoxy groups -OCH3 is 3. The Morgan fingerprint density at radius 3 is 2.16 bits per heavy atom. The lowest BCUT2D eigenvalue weighted by molar-refractivity contribution is -0.152. The van der Waals surface area contributed by atoms with Gasteiger partial charge >= 0.3 is 5.97 Å². The van der Waals surface area contributed by atoms with E-state index in [4.69, 9.17) is 18.9 Å². The molecule has 1 fully saturated rings. The Morgan fingerprint density at radius 1 is 1.10 bits per heavy atom. The second-order valence-corrected chi connectivity index (χ2v) is 10.1. The van der Waals surface area contributed by atoms with Gasteiger partial charge in [-0.25, -0.2) is 8.42 Å². The highest BCUT2D eigenvalue weighted by atomic mass is 32.2. The molecule has 1 saturated heterocycles. The molecule has 1 aromatic rings. The van der Waals surface area contributed by atoms with Crippen molar-refractivity contribution in [2.75, 3.05) is 46.0 Å². The largest absolute Gasteiger partial charge is 0.493 e. The quantitative estimate of drug-likeness (QED) is 0.486. The van der Waals surface area contributed by atoms with Crippen molar-refractivity contribution in [3.63, 3.8) is 0 Å². The molecule has 10 heteroatoms. The third-order valence-electron chi connectivity index (χ3n) is 4.96. The van der Waals surface area contributed by atoms with Crippen LogP contribution in [0.5, 0.6) is 17.2 Å². The van der Waals surface area contributed by atoms with E-state index in [9.17, 15) is 18.0 Å². The van der Waals surface area contributed by atoms with Crippen molar-refractivity contribution in [1.29, 1.82) is 0 Å². The normalized spacial score (nSPS) is 17.3. The molecule has 174 valence electrons. The van der Waals surface area contributed by atoms with Crippen molar-refractivity contribution < 1.29 is 37.0 Å². The molecule has 1 atom stereocenters. The second-order valence-electron chi connectivity index (χ2n) is 7.87. The van der Waals surface area contributed by atoms with Crippen LogP contribution in [-0.2, 0) is 30.6 Å². The zero-order valence-electron chi connectivity index (χ0n) is 18.7. The van der Waals surface area contributed by atoms with Crippen molar-refractivity contribution in [3.8, 4) is 17.2 Å². The Kier molecular flexibility index (Phi) is 8.55. The lowest BCUT2D eigenvalue weighted by atomic mass is 10.1. The number of benzene rings is 1. The van der Waals surface area contributed by atoms with Crippen molar-refractivity contribution in [2.24, 2.45) is 5.92 Å². The molecule has 9 nitrogen and oxygen atoms in total. The summed E-state index contributed by atoms with van der Waals surface area (Å²) in [5, 5.41) is 0. The summed E-state index contributed by atoms with van der Waals surface area (Å²) in [6.45, 7) is 3.86. The van der Waals surface area contributed by atoms with Crippen LogP contribution in [0, 0.1) is 5.92 Å². The van der Waals surface area contributed by atoms with Crippen LogP contribution in [0.3, 0.4) is 0 Å². The summed E-state index contributed by atoms with van der Waals surface area (Å²) in [6.07, 6.45) is 0.312. The lowest BCUT2D eigenvalue weighted by Crippen LogP contribution is -2.45. The van der Waals surface area contributed by atoms with E-state index in [0.29, 0.717) is 35.8 Å². The van der Waals surface area contributed by atoms with Gasteiger partial charge in [-0.15, -0.1) is 0 Å². The fourth-order valence-corrected chi connectivity index (χ4v) is 5.28. The Morgan fingerprint density at radius 2 is 1.71 bits per heavy atom. The first-order valence-electron chi connectivity index (χ1n) is 10.0. The fourth-order valence-electron chi connectivity index (χ4n) is 3.55. The third-order valence-corrected chi connectivity index (χ3v) is 6.71. The Bertz CT molecular complexity index is 872. The van der Waals surface area contributed by atoms with Crippen LogP contribution in [0.2, 0.25) is 0 Å². The van der Waals surface area contributed by atoms with E-state index in [1.165, 1.54) is 26.2 Å². The average molecular weight is 458 g/mol. The minimum atomic E-state index is -3.14. The number of hydrogen-bond donors (Lipinski definition) is 0. The van der Waals surface area contributed by atoms with Crippen LogP contribution in [0.25, 0.3) is 0 Å². The maximum absolute atomic E-state index is 12.7. The standard InChI is InChI=1S/C21H31NO8S/c1-14(2)11-22(16-6-7-31(25,26)13-16)19(23)12-30-20(24)10-15-8-17(27-3)21(29-5)18(9-15)28-4/h8-9,14,16H,6-7,10-13H2,1-5H3. The molecule has 1 unspecified atom stereocenters. The monoisotopic (exact) mass is 457 g/mol. The molecule has 1 amide bonds. The number of nitrogens with zero attached hydrogens (tertiary/aromatic N) is 1. The Labute approximate surface area is 183 Å². The van der Waals surface area contributed by atoms with Gasteiger partial charge in [0.15, 0.2) is 27.9 Å². The molecule has 0 bridgehead atoms. The minimum absolute atomic E-state index is 0.0508. The van der Waals surface area contributed by atoms with Crippen molar-refractivity contribution in [2.45, 2.75) is 32.7 Å². The molecule has 1 heterocycles. The SMILES string of the molecule is COc1cc(CC(=O)OCC(=O)N(CC(C)C)C2CCS(=O)(=O)C2)cc(OC)c1OC. The Balaban J connectivity index is 2.03. The van der Waals surface area contributed by atoms with E-state index < -0.39 is 28.3 Å². The van der Waals surface area contributed by atoms with Gasteiger partial charge in [0, 0.05) is 12.6 Å². The first-order chi connectivity index (χ1) is 14.6. The average Bonchev–Trinajstić information content (AvgIpc) is 3.08. The molecular weight excluding hydrogens is 426 g/mol. The van der Waals surface area contributed by atoms with E-state index in [-0.39, 0.29) is 29.9 Å². The number of esters is 1. The molecule has 0 saturated carbocycles. The molecule has 31 heavy (non-hydrogen) atoms. The highest BCUT2D eigenvalue weighted by Crippen LogP contribution is 2.38. The molecule has 0 aliphatic carbocycles. The molecule has 1 aliphatic heterocycles. The Hall–Kier alpha value is -2.49. The van der Waals surface area contributed by atoms with E-state index >= 15 is 0 Å². The van der Waals surface area contributed by atoms with E-state index in [1.807, 2.05) is 13.8 Å². The zero-order valence-corrected chi connectivity index (χ0v) is 19.5. The molecule has 0 spiro atoms. The summed E-state index contributed by atoms with van der Waals surface area (Å²) in [4.78, 5) is 26.6. The number of amides is 1. The summed E-state index contributed by atoms with van der Waals surface area (Å²) >= 11 is 0. The summed E-state index contributed by atoms with van der Waals surface area (Å²) in [6, 6.07) is 2.89. The van der Waals surface area contributed by atoms with Gasteiger partial charge < -0.3 is 23.8 Å². The van der Waals surface area contributed by atoms with Gasteiger partial charge in [0.2, 0.25) is 5.75 Å². The number of carbonyl (C=O) groups excluding carboxylic acids is 2. The van der Waals surface area contributed by atoms with E-state index in [2.05, 4.69) is 0 Å². The first-order valence-corrected chi connectivity index (χ1v) is 11.9. The highest BCUT2D eigenvalue weighted by Gasteiger charge is 2.35. The summed E-state index contributed by atoms with van der Waals surface area (Å²) < 4.78 is 44.6. The van der Waals surface area contributed by atoms with Crippen LogP contribution in [-0.4, -0.2) is 77.2 Å². The molecule has 1 aromatic carbocycles. The molecular formula is C21H31NO8S. The highest BCUT2D eigenvalue weighted by molar-refractivity contribution is 7.91. The van der Waals surface area contributed by atoms with Gasteiger partial charge in [-0.3, -0.25) is 9.59 Å². The maximum atomic E-state index is 12.7. The van der Waals surface area contributed by atoms with Gasteiger partial charge in [0.25, 0.3) is 5.91 Å². The molecule has 0 N–H and O–H groups in total. The zero-order chi connectivity index (χ0) is 23.2. The van der Waals surface area contributed by atoms with Crippen LogP contribution >= 0.6 is 0 Å². The van der Waals surface area contributed by atoms with Crippen LogP contribution < -0.4 is 14.2 Å². The van der Waals surface area contributed by atoms with E-state index in [0.717, 1.165) is 0 Å². The van der Waals surface area contributed by atoms with E-state index in [1.54, 1.807) is 12.1 Å². The van der Waals surface area contributed by atoms with Gasteiger partial charge in [-0.05, 0) is 30.0 Å². The second kappa shape index (κ2) is 10.7. The molecule has 0 aromatic heterocycles. The van der Waals surface area contributed by atoms with Crippen LogP contribution in [0.1, 0.15) is 25.8 Å². The predicted octanol–water partition coefficient (Wildman–Crippen LogP) is 1.47. The summed E-state index contributed by atoms with van der Waals surface area (Å²) in [5.74, 6) is 0.416. The number of sulfone groups is 1. The first kappa shape index (κ1) is 24.8. The van der Waals surface area contributed by atoms with Gasteiger partial charge in [-0.2, -0.15) is 0 Å². The predicted molar refractivity (Wildman–Crippen MR) is 114 cm³/mol. The number of hydrogen-bond acceptors (Lipinski definition) is 8. The lowest BCUT2D eigenvalue weighted by Gasteiger charge is -2.29. The summed E-state index contributed by atoms with van der Waals surface area (Å²) in [5.41, 5.74) is 0.577. The fraction of sp³-hybridized carbons (Fsp3) is 0.619. The van der Waals surface area contributed by atoms with Gasteiger partial charge in [0.05, 0.1) is 39.3 Å². The molecule has 1 aliphatic rings. The number of ether oxygens (including phenoxy) is 4. The van der Waals surface area contributed by atoms with Crippen molar-refractivity contribution in [3.05, 3.63) is 17.7 Å². The third kappa shape index (κ3) is 6.75. The smallest absolute Gasteiger partial charge is 0.310 e. The van der Waals surface area contributed by atoms with Gasteiger partial charge in [0.1, 0.15) is 0 Å². The minimum Gasteiger partial charge on any atom is -0.493 e. The molecule has 0 radical (unpaired) electrons. The van der Waals surface area contributed by atoms with Crippen LogP contribution in [0.15, 0.2) is 12.1 Å². The topological polar surface area (TPSA) is 108 Å². The number of carbonyl (C=O) groups is 2. The van der Waals surface area contributed by atoms with Crippen molar-refractivity contribution >= 4 is 21.7 Å². The number of rotatable bonds is 10. The van der Waals surface area contributed by atoms with Crippen molar-refractivity contribution in [1.82, 2.24) is 4.90 Å². The molecule has 2 rings (SSSR count). The maximum Gasteiger partial charge on any atom is 0.310 e.